The van der Waals surface area contributed by atoms with E-state index in [9.17, 15) is 14.7 Å². The number of unbranched alkanes of at least 4 members (excludes halogenated alkanes) is 24. The van der Waals surface area contributed by atoms with Crippen LogP contribution in [0.5, 0.6) is 0 Å². The first-order valence-electron chi connectivity index (χ1n) is 33.7. The van der Waals surface area contributed by atoms with Crippen molar-refractivity contribution < 1.29 is 24.2 Å². The summed E-state index contributed by atoms with van der Waals surface area (Å²) < 4.78 is 10.7. The van der Waals surface area contributed by atoms with E-state index < -0.39 is 6.10 Å². The molecule has 1 N–H and O–H groups in total. The van der Waals surface area contributed by atoms with Gasteiger partial charge in [-0.05, 0) is 128 Å². The molecule has 5 heteroatoms. The number of carbonyl (C=O) groups excluding carboxylic acids is 2. The lowest BCUT2D eigenvalue weighted by Gasteiger charge is -2.15. The Kier molecular flexibility index (Phi) is 66.4. The molecule has 82 heavy (non-hydrogen) atoms. The number of esters is 2. The minimum Gasteiger partial charge on any atom is -0.462 e. The van der Waals surface area contributed by atoms with Crippen molar-refractivity contribution in [1.82, 2.24) is 0 Å². The van der Waals surface area contributed by atoms with E-state index in [1.54, 1.807) is 0 Å². The number of rotatable bonds is 60. The van der Waals surface area contributed by atoms with Crippen LogP contribution in [0.1, 0.15) is 284 Å². The molecule has 0 saturated heterocycles. The van der Waals surface area contributed by atoms with Gasteiger partial charge >= 0.3 is 11.9 Å². The standard InChI is InChI=1S/C77H124O5/c1-3-5-7-9-11-13-15-17-19-21-23-25-27-29-31-32-33-34-35-36-37-38-39-40-41-42-43-44-46-48-50-52-54-56-58-60-62-64-66-68-70-72-77(80)82-75(73-78)74-81-76(79)71-69-67-65-63-61-59-57-55-53-51-49-47-45-30-28-26-24-22-20-18-16-14-12-10-8-6-4-2/h5-8,11-14,17-20,23-26,29-31,33-34,36-37,39-40,45,49,51,75,78H,3-4,9-10,15-16,21-22,27-28,32,35,38,41-44,46-48,50,52-74H2,1-2H3/b7-5-,8-6-,13-11-,14-12-,19-17-,20-18-,25-23-,26-24-,31-29-,34-33-,37-36-,40-39-,45-30-,51-49-. The van der Waals surface area contributed by atoms with Crippen LogP contribution in [0.2, 0.25) is 0 Å². The molecular formula is C77H124O5. The van der Waals surface area contributed by atoms with E-state index in [0.717, 1.165) is 135 Å². The molecule has 462 valence electrons. The third-order valence-electron chi connectivity index (χ3n) is 14.0. The second kappa shape index (κ2) is 70.5. The fourth-order valence-electron chi connectivity index (χ4n) is 9.05. The van der Waals surface area contributed by atoms with E-state index in [1.807, 2.05) is 0 Å². The van der Waals surface area contributed by atoms with Crippen molar-refractivity contribution in [2.24, 2.45) is 0 Å². The van der Waals surface area contributed by atoms with Crippen LogP contribution in [-0.2, 0) is 19.1 Å². The summed E-state index contributed by atoms with van der Waals surface area (Å²) in [5.41, 5.74) is 0. The number of ether oxygens (including phenoxy) is 2. The van der Waals surface area contributed by atoms with Crippen LogP contribution < -0.4 is 0 Å². The number of aliphatic hydroxyl groups excluding tert-OH is 1. The van der Waals surface area contributed by atoms with E-state index in [4.69, 9.17) is 9.47 Å². The van der Waals surface area contributed by atoms with Crippen molar-refractivity contribution in [3.63, 3.8) is 0 Å². The Hall–Kier alpha value is -4.74. The first-order chi connectivity index (χ1) is 40.6. The molecule has 0 heterocycles. The molecule has 0 bridgehead atoms. The molecule has 0 aromatic carbocycles. The number of allylic oxidation sites excluding steroid dienone is 28. The van der Waals surface area contributed by atoms with Crippen molar-refractivity contribution in [1.29, 1.82) is 0 Å². The van der Waals surface area contributed by atoms with Crippen molar-refractivity contribution in [3.05, 3.63) is 170 Å². The smallest absolute Gasteiger partial charge is 0.306 e. The first kappa shape index (κ1) is 77.3. The van der Waals surface area contributed by atoms with Gasteiger partial charge in [-0.15, -0.1) is 0 Å². The lowest BCUT2D eigenvalue weighted by atomic mass is 10.0. The zero-order valence-corrected chi connectivity index (χ0v) is 52.9. The second-order valence-corrected chi connectivity index (χ2v) is 21.8. The largest absolute Gasteiger partial charge is 0.462 e. The molecule has 0 aliphatic carbocycles. The van der Waals surface area contributed by atoms with Gasteiger partial charge in [0.1, 0.15) is 6.61 Å². The highest BCUT2D eigenvalue weighted by Gasteiger charge is 2.16. The topological polar surface area (TPSA) is 72.8 Å². The van der Waals surface area contributed by atoms with Gasteiger partial charge in [-0.25, -0.2) is 0 Å². The normalized spacial score (nSPS) is 13.4. The zero-order valence-electron chi connectivity index (χ0n) is 52.9. The minimum atomic E-state index is -0.788. The highest BCUT2D eigenvalue weighted by Crippen LogP contribution is 2.16. The van der Waals surface area contributed by atoms with Crippen molar-refractivity contribution in [2.45, 2.75) is 290 Å². The van der Waals surface area contributed by atoms with Crippen LogP contribution >= 0.6 is 0 Å². The SMILES string of the molecule is CC/C=C\C/C=C\C/C=C\C/C=C\C/C=C\C/C=C\C/C=C\C/C=C\CCCCCCCCCCCCCCCCCCC(=O)OC(CO)COC(=O)CCCCCCCCCC/C=C\C/C=C\C/C=C\C/C=C\C/C=C\C/C=C\CC. The second-order valence-electron chi connectivity index (χ2n) is 21.8. The molecule has 0 aliphatic rings. The molecule has 1 unspecified atom stereocenters. The fraction of sp³-hybridized carbons (Fsp3) is 0.610. The molecule has 5 nitrogen and oxygen atoms in total. The van der Waals surface area contributed by atoms with Crippen molar-refractivity contribution in [2.75, 3.05) is 13.2 Å². The molecular weight excluding hydrogens is 1000 g/mol. The summed E-state index contributed by atoms with van der Waals surface area (Å²) >= 11 is 0. The van der Waals surface area contributed by atoms with Gasteiger partial charge in [0.05, 0.1) is 6.61 Å². The van der Waals surface area contributed by atoms with Crippen LogP contribution in [-0.4, -0.2) is 36.4 Å². The Balaban J connectivity index is 3.53. The zero-order chi connectivity index (χ0) is 59.1. The third-order valence-corrected chi connectivity index (χ3v) is 14.0. The van der Waals surface area contributed by atoms with Crippen LogP contribution in [0.25, 0.3) is 0 Å². The van der Waals surface area contributed by atoms with Gasteiger partial charge in [-0.3, -0.25) is 9.59 Å². The first-order valence-corrected chi connectivity index (χ1v) is 33.7. The number of carbonyl (C=O) groups is 2. The van der Waals surface area contributed by atoms with Crippen LogP contribution in [0.3, 0.4) is 0 Å². The lowest BCUT2D eigenvalue weighted by molar-refractivity contribution is -0.161. The van der Waals surface area contributed by atoms with Crippen LogP contribution in [0, 0.1) is 0 Å². The molecule has 0 saturated carbocycles. The molecule has 0 aromatic rings. The highest BCUT2D eigenvalue weighted by atomic mass is 16.6. The van der Waals surface area contributed by atoms with E-state index >= 15 is 0 Å². The van der Waals surface area contributed by atoms with Gasteiger partial charge in [0.2, 0.25) is 0 Å². The van der Waals surface area contributed by atoms with Crippen molar-refractivity contribution >= 4 is 11.9 Å². The average molecular weight is 1130 g/mol. The summed E-state index contributed by atoms with van der Waals surface area (Å²) in [6.45, 7) is 3.91. The highest BCUT2D eigenvalue weighted by molar-refractivity contribution is 5.70. The monoisotopic (exact) mass is 1130 g/mol. The molecule has 0 radical (unpaired) electrons. The summed E-state index contributed by atoms with van der Waals surface area (Å²) in [6, 6.07) is 0. The van der Waals surface area contributed by atoms with Gasteiger partial charge in [0.15, 0.2) is 6.10 Å². The maximum Gasteiger partial charge on any atom is 0.306 e. The summed E-state index contributed by atoms with van der Waals surface area (Å²) in [5.74, 6) is -0.603. The van der Waals surface area contributed by atoms with Crippen LogP contribution in [0.15, 0.2) is 170 Å². The molecule has 0 aromatic heterocycles. The summed E-state index contributed by atoms with van der Waals surface area (Å²) in [5, 5.41) is 9.69. The maximum atomic E-state index is 12.4. The summed E-state index contributed by atoms with van der Waals surface area (Å²) in [7, 11) is 0. The lowest BCUT2D eigenvalue weighted by Crippen LogP contribution is -2.28. The van der Waals surface area contributed by atoms with Gasteiger partial charge in [0, 0.05) is 12.8 Å². The predicted octanol–water partition coefficient (Wildman–Crippen LogP) is 23.6. The molecule has 0 amide bonds. The van der Waals surface area contributed by atoms with E-state index in [-0.39, 0.29) is 25.2 Å². The summed E-state index contributed by atoms with van der Waals surface area (Å²) in [6.07, 6.45) is 109. The number of hydrogen-bond acceptors (Lipinski definition) is 5. The average Bonchev–Trinajstić information content (AvgIpc) is 3.49. The Labute approximate surface area is 506 Å². The predicted molar refractivity (Wildman–Crippen MR) is 361 cm³/mol. The quantitative estimate of drug-likeness (QED) is 0.0373. The number of hydrogen-bond donors (Lipinski definition) is 1. The number of aliphatic hydroxyl groups is 1. The Morgan fingerprint density at radius 3 is 0.732 bits per heavy atom. The minimum absolute atomic E-state index is 0.0779. The van der Waals surface area contributed by atoms with Crippen LogP contribution in [0.4, 0.5) is 0 Å². The molecule has 0 fully saturated rings. The molecule has 1 atom stereocenters. The van der Waals surface area contributed by atoms with E-state index in [1.165, 1.54) is 122 Å². The molecule has 0 spiro atoms. The van der Waals surface area contributed by atoms with Crippen molar-refractivity contribution in [3.8, 4) is 0 Å². The maximum absolute atomic E-state index is 12.4. The Bertz CT molecular complexity index is 1810. The molecule has 0 aliphatic heterocycles. The Morgan fingerprint density at radius 2 is 0.488 bits per heavy atom. The van der Waals surface area contributed by atoms with Gasteiger partial charge in [-0.2, -0.15) is 0 Å². The molecule has 0 rings (SSSR count). The Morgan fingerprint density at radius 1 is 0.280 bits per heavy atom. The summed E-state index contributed by atoms with van der Waals surface area (Å²) in [4.78, 5) is 24.6. The van der Waals surface area contributed by atoms with Gasteiger partial charge < -0.3 is 14.6 Å². The third kappa shape index (κ3) is 67.8. The van der Waals surface area contributed by atoms with Gasteiger partial charge in [0.25, 0.3) is 0 Å². The van der Waals surface area contributed by atoms with Gasteiger partial charge in [-0.1, -0.05) is 312 Å². The van der Waals surface area contributed by atoms with E-state index in [0.29, 0.717) is 12.8 Å². The van der Waals surface area contributed by atoms with E-state index in [2.05, 4.69) is 184 Å². The fourth-order valence-corrected chi connectivity index (χ4v) is 9.05.